The summed E-state index contributed by atoms with van der Waals surface area (Å²) >= 11 is 0. The van der Waals surface area contributed by atoms with E-state index < -0.39 is 7.92 Å². The second-order valence-electron chi connectivity index (χ2n) is 17.1. The van der Waals surface area contributed by atoms with Crippen LogP contribution < -0.4 is 15.9 Å². The zero-order valence-electron chi connectivity index (χ0n) is 33.8. The lowest BCUT2D eigenvalue weighted by Crippen LogP contribution is -2.35. The summed E-state index contributed by atoms with van der Waals surface area (Å²) in [6.45, 7) is 34.0. The molecule has 0 bridgehead atoms. The molecule has 0 spiro atoms. The maximum Gasteiger partial charge on any atom is -0.00810 e. The number of benzene rings is 3. The third kappa shape index (κ3) is 7.63. The smallest absolute Gasteiger partial charge is 0.00810 e. The van der Waals surface area contributed by atoms with E-state index in [9.17, 15) is 0 Å². The Bertz CT molecular complexity index is 1640. The number of hydrogen-bond acceptors (Lipinski definition) is 0. The summed E-state index contributed by atoms with van der Waals surface area (Å²) in [5, 5.41) is 4.88. The molecule has 0 heterocycles. The van der Waals surface area contributed by atoms with E-state index in [0.29, 0.717) is 41.4 Å². The molecule has 0 N–H and O–H groups in total. The Kier molecular flexibility index (Phi) is 12.1. The highest BCUT2D eigenvalue weighted by atomic mass is 31.1. The van der Waals surface area contributed by atoms with Crippen molar-refractivity contribution in [2.75, 3.05) is 0 Å². The highest BCUT2D eigenvalue weighted by Crippen LogP contribution is 2.49. The van der Waals surface area contributed by atoms with Gasteiger partial charge in [0.25, 0.3) is 0 Å². The fourth-order valence-corrected chi connectivity index (χ4v) is 12.0. The molecular formula is C49H65P. The molecule has 0 fully saturated rings. The van der Waals surface area contributed by atoms with Crippen LogP contribution in [0.2, 0.25) is 0 Å². The van der Waals surface area contributed by atoms with Gasteiger partial charge in [-0.05, 0) is 139 Å². The highest BCUT2D eigenvalue weighted by Gasteiger charge is 2.35. The van der Waals surface area contributed by atoms with E-state index in [4.69, 9.17) is 0 Å². The molecule has 3 aromatic rings. The largest absolute Gasteiger partial charge is 0.0801 e. The van der Waals surface area contributed by atoms with Gasteiger partial charge in [-0.3, -0.25) is 0 Å². The van der Waals surface area contributed by atoms with Gasteiger partial charge in [-0.1, -0.05) is 170 Å². The normalized spacial score (nSPS) is 14.8. The molecule has 3 aromatic carbocycles. The lowest BCUT2D eigenvalue weighted by molar-refractivity contribution is 0.813. The molecule has 0 nitrogen and oxygen atoms in total. The maximum absolute atomic E-state index is 2.60. The second kappa shape index (κ2) is 15.7. The molecule has 266 valence electrons. The summed E-state index contributed by atoms with van der Waals surface area (Å²) in [6, 6.07) is 15.6. The molecule has 1 heteroatoms. The maximum atomic E-state index is 2.60. The van der Waals surface area contributed by atoms with E-state index in [1.807, 2.05) is 0 Å². The number of rotatable bonds is 12. The minimum absolute atomic E-state index is 0.404. The third-order valence-electron chi connectivity index (χ3n) is 10.9. The van der Waals surface area contributed by atoms with Crippen LogP contribution in [0.3, 0.4) is 0 Å². The topological polar surface area (TPSA) is 0 Å². The van der Waals surface area contributed by atoms with Crippen molar-refractivity contribution in [2.45, 2.75) is 151 Å². The van der Waals surface area contributed by atoms with E-state index >= 15 is 0 Å². The van der Waals surface area contributed by atoms with E-state index in [1.54, 1.807) is 49.3 Å². The second-order valence-corrected chi connectivity index (χ2v) is 19.1. The Hall–Kier alpha value is -2.95. The Labute approximate surface area is 308 Å². The van der Waals surface area contributed by atoms with Gasteiger partial charge in [0.15, 0.2) is 0 Å². The fraction of sp³-hybridized carbons (Fsp3) is 0.469. The van der Waals surface area contributed by atoms with Gasteiger partial charge in [-0.25, -0.2) is 0 Å². The van der Waals surface area contributed by atoms with Gasteiger partial charge in [0.1, 0.15) is 0 Å². The Morgan fingerprint density at radius 3 is 0.880 bits per heavy atom. The van der Waals surface area contributed by atoms with Crippen molar-refractivity contribution in [3.8, 4) is 0 Å². The molecule has 0 amide bonds. The van der Waals surface area contributed by atoms with Crippen LogP contribution in [-0.4, -0.2) is 0 Å². The molecule has 50 heavy (non-hydrogen) atoms. The first-order valence-electron chi connectivity index (χ1n) is 19.7. The quantitative estimate of drug-likeness (QED) is 0.167. The lowest BCUT2D eigenvalue weighted by atomic mass is 9.89. The van der Waals surface area contributed by atoms with Crippen molar-refractivity contribution in [2.24, 2.45) is 0 Å². The molecular weight excluding hydrogens is 620 g/mol. The highest BCUT2D eigenvalue weighted by molar-refractivity contribution is 7.80. The number of hydrogen-bond donors (Lipinski definition) is 0. The zero-order valence-corrected chi connectivity index (χ0v) is 34.7. The summed E-state index contributed by atoms with van der Waals surface area (Å²) in [5.41, 5.74) is 16.5. The van der Waals surface area contributed by atoms with Crippen LogP contribution in [0.1, 0.15) is 201 Å². The van der Waals surface area contributed by atoms with Crippen molar-refractivity contribution in [3.05, 3.63) is 123 Å². The van der Waals surface area contributed by atoms with Crippen molar-refractivity contribution in [1.82, 2.24) is 0 Å². The predicted molar refractivity (Wildman–Crippen MR) is 227 cm³/mol. The molecule has 0 saturated heterocycles. The van der Waals surface area contributed by atoms with Crippen LogP contribution in [0.4, 0.5) is 0 Å². The zero-order chi connectivity index (χ0) is 36.6. The van der Waals surface area contributed by atoms with Crippen LogP contribution in [0.25, 0.3) is 11.1 Å². The first-order valence-corrected chi connectivity index (χ1v) is 21.0. The first-order chi connectivity index (χ1) is 23.6. The first kappa shape index (κ1) is 38.3. The third-order valence-corrected chi connectivity index (χ3v) is 13.8. The molecule has 5 rings (SSSR count). The molecule has 0 radical (unpaired) electrons. The summed E-state index contributed by atoms with van der Waals surface area (Å²) in [4.78, 5) is 0. The average Bonchev–Trinajstić information content (AvgIpc) is 3.79. The van der Waals surface area contributed by atoms with Gasteiger partial charge in [0.05, 0.1) is 0 Å². The fourth-order valence-electron chi connectivity index (χ4n) is 7.84. The molecule has 0 aliphatic heterocycles. The van der Waals surface area contributed by atoms with Gasteiger partial charge < -0.3 is 0 Å². The molecule has 0 atom stereocenters. The van der Waals surface area contributed by atoms with Gasteiger partial charge >= 0.3 is 0 Å². The monoisotopic (exact) mass is 684 g/mol. The summed E-state index contributed by atoms with van der Waals surface area (Å²) in [7, 11) is -0.916. The molecule has 2 aliphatic rings. The minimum Gasteiger partial charge on any atom is -0.0801 e. The van der Waals surface area contributed by atoms with Crippen LogP contribution in [-0.2, 0) is 0 Å². The van der Waals surface area contributed by atoms with Crippen LogP contribution in [0, 0.1) is 0 Å². The van der Waals surface area contributed by atoms with Crippen molar-refractivity contribution < 1.29 is 0 Å². The van der Waals surface area contributed by atoms with Gasteiger partial charge in [0, 0.05) is 0 Å². The van der Waals surface area contributed by atoms with Crippen molar-refractivity contribution in [3.63, 3.8) is 0 Å². The average molecular weight is 685 g/mol. The summed E-state index contributed by atoms with van der Waals surface area (Å²) < 4.78 is 0. The van der Waals surface area contributed by atoms with Crippen LogP contribution in [0.5, 0.6) is 0 Å². The molecule has 0 aromatic heterocycles. The molecule has 2 aliphatic carbocycles. The number of allylic oxidation sites excluding steroid dienone is 8. The minimum atomic E-state index is -0.916. The van der Waals surface area contributed by atoms with Crippen molar-refractivity contribution >= 4 is 35.0 Å². The summed E-state index contributed by atoms with van der Waals surface area (Å²) in [6.07, 6.45) is 15.8. The molecule has 0 unspecified atom stereocenters. The van der Waals surface area contributed by atoms with Crippen LogP contribution in [0.15, 0.2) is 72.9 Å². The van der Waals surface area contributed by atoms with Gasteiger partial charge in [0.2, 0.25) is 0 Å². The van der Waals surface area contributed by atoms with Gasteiger partial charge in [-0.15, -0.1) is 0 Å². The SMILES string of the molecule is CC(C)c1cc(C(C)C)c(P(c2c(C(C)C)cc(C3=CC=CC3)cc2C(C)C)c2c(C(C)C)cc(C3=CC=CC3)cc2C(C)C)c(C(C)C)c1. The van der Waals surface area contributed by atoms with E-state index in [1.165, 1.54) is 27.8 Å². The van der Waals surface area contributed by atoms with E-state index in [2.05, 4.69) is 170 Å². The lowest BCUT2D eigenvalue weighted by Gasteiger charge is -2.37. The molecule has 0 saturated carbocycles. The van der Waals surface area contributed by atoms with E-state index in [-0.39, 0.29) is 0 Å². The van der Waals surface area contributed by atoms with Crippen molar-refractivity contribution in [1.29, 1.82) is 0 Å². The Morgan fingerprint density at radius 2 is 0.660 bits per heavy atom. The standard InChI is InChI=1S/C49H65P/c1-29(2)38-23-41(30(3)4)47(42(24-38)31(5)6)50(48-43(32(7)8)25-39(26-44(48)33(9)10)36-19-15-16-20-36)49-45(34(11)12)27-40(28-46(49)35(13)14)37-21-17-18-22-37/h15-19,21,23-35H,20,22H2,1-14H3. The van der Waals surface area contributed by atoms with E-state index in [0.717, 1.165) is 12.8 Å². The predicted octanol–water partition coefficient (Wildman–Crippen LogP) is 14.0. The summed E-state index contributed by atoms with van der Waals surface area (Å²) in [5.74, 6) is 2.94. The van der Waals surface area contributed by atoms with Crippen LogP contribution >= 0.6 is 7.92 Å². The Balaban J connectivity index is 2.04. The Morgan fingerprint density at radius 1 is 0.380 bits per heavy atom. The van der Waals surface area contributed by atoms with Gasteiger partial charge in [-0.2, -0.15) is 0 Å².